The zero-order chi connectivity index (χ0) is 16.4. The van der Waals surface area contributed by atoms with E-state index in [1.54, 1.807) is 14.2 Å². The number of nitrogens with zero attached hydrogens (tertiary/aromatic N) is 1. The molecule has 3 rings (SSSR count). The molecule has 1 heterocycles. The average Bonchev–Trinajstić information content (AvgIpc) is 2.86. The molecule has 0 spiro atoms. The summed E-state index contributed by atoms with van der Waals surface area (Å²) in [5.41, 5.74) is 2.13. The summed E-state index contributed by atoms with van der Waals surface area (Å²) in [5.74, 6) is 1.83. The number of Topliss-reactive ketones (excluding diaryl/α,β-unsaturated/α-hetero) is 1. The van der Waals surface area contributed by atoms with E-state index in [0.29, 0.717) is 37.3 Å². The molecule has 1 aliphatic heterocycles. The Morgan fingerprint density at radius 3 is 2.65 bits per heavy atom. The fourth-order valence-electron chi connectivity index (χ4n) is 3.35. The van der Waals surface area contributed by atoms with Crippen LogP contribution in [0.1, 0.15) is 24.8 Å². The van der Waals surface area contributed by atoms with Gasteiger partial charge in [0.15, 0.2) is 11.5 Å². The van der Waals surface area contributed by atoms with Gasteiger partial charge in [-0.15, -0.1) is 0 Å². The van der Waals surface area contributed by atoms with Gasteiger partial charge in [-0.2, -0.15) is 0 Å². The van der Waals surface area contributed by atoms with Gasteiger partial charge in [0, 0.05) is 37.4 Å². The Morgan fingerprint density at radius 2 is 1.91 bits per heavy atom. The van der Waals surface area contributed by atoms with Crippen molar-refractivity contribution in [3.63, 3.8) is 0 Å². The molecular formula is C18H21NO4. The number of benzene rings is 1. The number of amides is 1. The number of ketones is 1. The van der Waals surface area contributed by atoms with Crippen molar-refractivity contribution in [2.45, 2.75) is 25.7 Å². The topological polar surface area (TPSA) is 55.8 Å². The average molecular weight is 315 g/mol. The first kappa shape index (κ1) is 15.6. The summed E-state index contributed by atoms with van der Waals surface area (Å²) in [4.78, 5) is 25.6. The van der Waals surface area contributed by atoms with E-state index < -0.39 is 0 Å². The minimum atomic E-state index is 0.0918. The van der Waals surface area contributed by atoms with Crippen LogP contribution in [0.2, 0.25) is 0 Å². The molecule has 0 bridgehead atoms. The first-order valence-corrected chi connectivity index (χ1v) is 7.85. The monoisotopic (exact) mass is 315 g/mol. The normalized spacial score (nSPS) is 20.3. The van der Waals surface area contributed by atoms with E-state index in [4.69, 9.17) is 9.47 Å². The summed E-state index contributed by atoms with van der Waals surface area (Å²) in [6.45, 7) is 0.630. The van der Waals surface area contributed by atoms with Crippen LogP contribution in [-0.4, -0.2) is 37.4 Å². The van der Waals surface area contributed by atoms with Crippen molar-refractivity contribution < 1.29 is 19.1 Å². The van der Waals surface area contributed by atoms with E-state index in [2.05, 4.69) is 0 Å². The quantitative estimate of drug-likeness (QED) is 0.837. The van der Waals surface area contributed by atoms with Gasteiger partial charge in [-0.3, -0.25) is 9.59 Å². The Labute approximate surface area is 135 Å². The van der Waals surface area contributed by atoms with E-state index in [1.807, 2.05) is 29.2 Å². The number of rotatable bonds is 5. The second-order valence-corrected chi connectivity index (χ2v) is 5.96. The van der Waals surface area contributed by atoms with Crippen LogP contribution in [0.3, 0.4) is 0 Å². The number of methoxy groups -OCH3 is 2. The number of carbonyl (C=O) groups excluding carboxylic acids is 2. The molecule has 1 amide bonds. The minimum Gasteiger partial charge on any atom is -0.493 e. The molecule has 1 saturated heterocycles. The van der Waals surface area contributed by atoms with Gasteiger partial charge in [-0.25, -0.2) is 0 Å². The second-order valence-electron chi connectivity index (χ2n) is 5.96. The Balaban J connectivity index is 1.70. The highest BCUT2D eigenvalue weighted by atomic mass is 16.5. The summed E-state index contributed by atoms with van der Waals surface area (Å²) in [6.07, 6.45) is 4.08. The predicted octanol–water partition coefficient (Wildman–Crippen LogP) is 2.34. The van der Waals surface area contributed by atoms with Gasteiger partial charge < -0.3 is 14.4 Å². The number of hydrogen-bond donors (Lipinski definition) is 0. The Morgan fingerprint density at radius 1 is 1.13 bits per heavy atom. The molecule has 0 N–H and O–H groups in total. The molecule has 1 unspecified atom stereocenters. The van der Waals surface area contributed by atoms with Crippen LogP contribution in [0.4, 0.5) is 0 Å². The molecule has 0 saturated carbocycles. The lowest BCUT2D eigenvalue weighted by atomic mass is 9.91. The van der Waals surface area contributed by atoms with Crippen LogP contribution in [0.15, 0.2) is 30.0 Å². The van der Waals surface area contributed by atoms with Crippen molar-refractivity contribution in [2.24, 2.45) is 5.92 Å². The number of carbonyl (C=O) groups is 2. The van der Waals surface area contributed by atoms with Gasteiger partial charge in [0.1, 0.15) is 5.78 Å². The fraction of sp³-hybridized carbons (Fsp3) is 0.444. The van der Waals surface area contributed by atoms with Crippen molar-refractivity contribution >= 4 is 11.7 Å². The van der Waals surface area contributed by atoms with Gasteiger partial charge in [0.2, 0.25) is 5.91 Å². The summed E-state index contributed by atoms with van der Waals surface area (Å²) >= 11 is 0. The van der Waals surface area contributed by atoms with Crippen LogP contribution in [0.5, 0.6) is 11.5 Å². The maximum atomic E-state index is 12.2. The highest BCUT2D eigenvalue weighted by molar-refractivity contribution is 5.88. The Kier molecular flexibility index (Phi) is 4.37. The summed E-state index contributed by atoms with van der Waals surface area (Å²) in [6, 6.07) is 5.80. The van der Waals surface area contributed by atoms with E-state index in [-0.39, 0.29) is 17.6 Å². The molecule has 1 aromatic rings. The van der Waals surface area contributed by atoms with Crippen molar-refractivity contribution in [1.82, 2.24) is 4.90 Å². The third kappa shape index (κ3) is 3.09. The van der Waals surface area contributed by atoms with Crippen molar-refractivity contribution in [3.8, 4) is 11.5 Å². The second kappa shape index (κ2) is 6.44. The van der Waals surface area contributed by atoms with Gasteiger partial charge in [-0.05, 0) is 24.1 Å². The SMILES string of the molecule is COc1ccc(CCN2C(=O)CC3CC(=O)CC=C32)cc1OC. The number of hydrogen-bond acceptors (Lipinski definition) is 4. The highest BCUT2D eigenvalue weighted by Crippen LogP contribution is 2.36. The van der Waals surface area contributed by atoms with Crippen molar-refractivity contribution in [1.29, 1.82) is 0 Å². The molecule has 5 nitrogen and oxygen atoms in total. The summed E-state index contributed by atoms with van der Waals surface area (Å²) in [7, 11) is 3.22. The van der Waals surface area contributed by atoms with E-state index >= 15 is 0 Å². The lowest BCUT2D eigenvalue weighted by Crippen LogP contribution is -2.27. The molecule has 0 aromatic heterocycles. The highest BCUT2D eigenvalue weighted by Gasteiger charge is 2.37. The molecule has 1 fully saturated rings. The van der Waals surface area contributed by atoms with Crippen molar-refractivity contribution in [2.75, 3.05) is 20.8 Å². The molecule has 122 valence electrons. The maximum Gasteiger partial charge on any atom is 0.227 e. The van der Waals surface area contributed by atoms with E-state index in [1.165, 1.54) is 0 Å². The summed E-state index contributed by atoms with van der Waals surface area (Å²) < 4.78 is 10.5. The van der Waals surface area contributed by atoms with Crippen LogP contribution in [0, 0.1) is 5.92 Å². The molecule has 23 heavy (non-hydrogen) atoms. The van der Waals surface area contributed by atoms with Crippen LogP contribution in [0.25, 0.3) is 0 Å². The maximum absolute atomic E-state index is 12.2. The predicted molar refractivity (Wildman–Crippen MR) is 85.4 cm³/mol. The number of fused-ring (bicyclic) bond motifs is 1. The van der Waals surface area contributed by atoms with Crippen LogP contribution < -0.4 is 9.47 Å². The molecule has 5 heteroatoms. The van der Waals surface area contributed by atoms with Gasteiger partial charge in [0.05, 0.1) is 14.2 Å². The molecule has 2 aliphatic rings. The third-order valence-corrected chi connectivity index (χ3v) is 4.54. The number of likely N-dealkylation sites (tertiary alicyclic amines) is 1. The zero-order valence-electron chi connectivity index (χ0n) is 13.5. The molecule has 1 aliphatic carbocycles. The molecule has 1 atom stereocenters. The van der Waals surface area contributed by atoms with Gasteiger partial charge in [-0.1, -0.05) is 12.1 Å². The fourth-order valence-corrected chi connectivity index (χ4v) is 3.35. The smallest absolute Gasteiger partial charge is 0.227 e. The molecular weight excluding hydrogens is 294 g/mol. The van der Waals surface area contributed by atoms with Crippen molar-refractivity contribution in [3.05, 3.63) is 35.5 Å². The first-order valence-electron chi connectivity index (χ1n) is 7.85. The van der Waals surface area contributed by atoms with E-state index in [9.17, 15) is 9.59 Å². The van der Waals surface area contributed by atoms with E-state index in [0.717, 1.165) is 17.7 Å². The Bertz CT molecular complexity index is 665. The molecule has 0 radical (unpaired) electrons. The number of allylic oxidation sites excluding steroid dienone is 2. The standard InChI is InChI=1S/C18H21NO4/c1-22-16-6-3-12(9-17(16)23-2)7-8-19-15-5-4-14(20)10-13(15)11-18(19)21/h3,5-6,9,13H,4,7-8,10-11H2,1-2H3. The zero-order valence-corrected chi connectivity index (χ0v) is 13.5. The lowest BCUT2D eigenvalue weighted by Gasteiger charge is -2.23. The van der Waals surface area contributed by atoms with Crippen LogP contribution in [-0.2, 0) is 16.0 Å². The third-order valence-electron chi connectivity index (χ3n) is 4.54. The minimum absolute atomic E-state index is 0.0918. The Hall–Kier alpha value is -2.30. The largest absolute Gasteiger partial charge is 0.493 e. The summed E-state index contributed by atoms with van der Waals surface area (Å²) in [5, 5.41) is 0. The van der Waals surface area contributed by atoms with Gasteiger partial charge >= 0.3 is 0 Å². The first-order chi connectivity index (χ1) is 11.1. The lowest BCUT2D eigenvalue weighted by molar-refractivity contribution is -0.126. The van der Waals surface area contributed by atoms with Gasteiger partial charge in [0.25, 0.3) is 0 Å². The van der Waals surface area contributed by atoms with Crippen LogP contribution >= 0.6 is 0 Å². The molecule has 1 aromatic carbocycles. The number of ether oxygens (including phenoxy) is 2.